The van der Waals surface area contributed by atoms with Crippen LogP contribution in [0.5, 0.6) is 0 Å². The number of benzene rings is 1. The highest BCUT2D eigenvalue weighted by molar-refractivity contribution is 7.18. The number of nitrogens with zero attached hydrogens (tertiary/aromatic N) is 1. The predicted molar refractivity (Wildman–Crippen MR) is 61.0 cm³/mol. The molecule has 14 heavy (non-hydrogen) atoms. The summed E-state index contributed by atoms with van der Waals surface area (Å²) in [6.45, 7) is 2.05. The van der Waals surface area contributed by atoms with E-state index in [0.717, 1.165) is 10.5 Å². The highest BCUT2D eigenvalue weighted by Gasteiger charge is 2.20. The molecule has 1 saturated carbocycles. The van der Waals surface area contributed by atoms with Crippen molar-refractivity contribution in [2.24, 2.45) is 0 Å². The summed E-state index contributed by atoms with van der Waals surface area (Å²) in [6.07, 6.45) is 2.63. The van der Waals surface area contributed by atoms with Gasteiger partial charge in [0.05, 0.1) is 15.2 Å². The van der Waals surface area contributed by atoms with Gasteiger partial charge in [-0.25, -0.2) is 4.98 Å². The fraction of sp³-hybridized carbons (Fsp3) is 0.364. The third kappa shape index (κ3) is 1.48. The molecule has 1 aromatic heterocycles. The average molecular weight is 204 g/mol. The van der Waals surface area contributed by atoms with E-state index in [9.17, 15) is 0 Å². The molecule has 1 aliphatic carbocycles. The van der Waals surface area contributed by atoms with Gasteiger partial charge in [0.1, 0.15) is 0 Å². The first-order valence-corrected chi connectivity index (χ1v) is 5.77. The minimum atomic E-state index is 0.715. The van der Waals surface area contributed by atoms with Gasteiger partial charge in [-0.05, 0) is 38.0 Å². The normalized spacial score (nSPS) is 16.1. The zero-order valence-corrected chi connectivity index (χ0v) is 8.90. The van der Waals surface area contributed by atoms with Crippen LogP contribution in [0.15, 0.2) is 18.2 Å². The lowest BCUT2D eigenvalue weighted by Crippen LogP contribution is -1.99. The van der Waals surface area contributed by atoms with Gasteiger partial charge in [-0.15, -0.1) is 11.3 Å². The minimum absolute atomic E-state index is 0.715. The molecule has 0 radical (unpaired) electrons. The molecule has 0 saturated heterocycles. The van der Waals surface area contributed by atoms with Gasteiger partial charge in [-0.1, -0.05) is 0 Å². The van der Waals surface area contributed by atoms with Gasteiger partial charge in [0, 0.05) is 11.7 Å². The van der Waals surface area contributed by atoms with E-state index in [1.807, 2.05) is 0 Å². The summed E-state index contributed by atoms with van der Waals surface area (Å²) in [5, 5.41) is 4.62. The summed E-state index contributed by atoms with van der Waals surface area (Å²) in [4.78, 5) is 4.48. The SMILES string of the molecule is Cc1nc2cc(NC3CC3)ccc2s1. The largest absolute Gasteiger partial charge is 0.382 e. The van der Waals surface area contributed by atoms with E-state index in [2.05, 4.69) is 35.4 Å². The first-order chi connectivity index (χ1) is 6.81. The van der Waals surface area contributed by atoms with Crippen LogP contribution in [-0.4, -0.2) is 11.0 Å². The Bertz CT molecular complexity index is 471. The van der Waals surface area contributed by atoms with Crippen LogP contribution < -0.4 is 5.32 Å². The van der Waals surface area contributed by atoms with Crippen LogP contribution in [0.1, 0.15) is 17.8 Å². The Kier molecular flexibility index (Phi) is 1.74. The highest BCUT2D eigenvalue weighted by atomic mass is 32.1. The van der Waals surface area contributed by atoms with Gasteiger partial charge in [0.25, 0.3) is 0 Å². The highest BCUT2D eigenvalue weighted by Crippen LogP contribution is 2.28. The van der Waals surface area contributed by atoms with E-state index in [1.165, 1.54) is 23.2 Å². The van der Waals surface area contributed by atoms with Gasteiger partial charge in [-0.3, -0.25) is 0 Å². The fourth-order valence-electron chi connectivity index (χ4n) is 1.60. The number of hydrogen-bond donors (Lipinski definition) is 1. The van der Waals surface area contributed by atoms with Crippen LogP contribution in [0.3, 0.4) is 0 Å². The van der Waals surface area contributed by atoms with Crippen molar-refractivity contribution in [1.82, 2.24) is 4.98 Å². The predicted octanol–water partition coefficient (Wildman–Crippen LogP) is 3.18. The topological polar surface area (TPSA) is 24.9 Å². The van der Waals surface area contributed by atoms with Crippen molar-refractivity contribution in [2.45, 2.75) is 25.8 Å². The Balaban J connectivity index is 2.00. The van der Waals surface area contributed by atoms with Gasteiger partial charge in [-0.2, -0.15) is 0 Å². The Labute approximate surface area is 87.0 Å². The smallest absolute Gasteiger partial charge is 0.0907 e. The molecule has 2 nitrogen and oxygen atoms in total. The van der Waals surface area contributed by atoms with Gasteiger partial charge >= 0.3 is 0 Å². The Morgan fingerprint density at radius 2 is 2.29 bits per heavy atom. The van der Waals surface area contributed by atoms with Crippen molar-refractivity contribution >= 4 is 27.2 Å². The summed E-state index contributed by atoms with van der Waals surface area (Å²) in [5.74, 6) is 0. The van der Waals surface area contributed by atoms with Crippen LogP contribution in [0.25, 0.3) is 10.2 Å². The summed E-state index contributed by atoms with van der Waals surface area (Å²) < 4.78 is 1.28. The lowest BCUT2D eigenvalue weighted by Gasteiger charge is -2.02. The molecule has 1 fully saturated rings. The van der Waals surface area contributed by atoms with Crippen molar-refractivity contribution in [1.29, 1.82) is 0 Å². The standard InChI is InChI=1S/C11H12N2S/c1-7-12-10-6-9(13-8-2-3-8)4-5-11(10)14-7/h4-6,8,13H,2-3H2,1H3. The monoisotopic (exact) mass is 204 g/mol. The van der Waals surface area contributed by atoms with E-state index in [-0.39, 0.29) is 0 Å². The number of aryl methyl sites for hydroxylation is 1. The maximum Gasteiger partial charge on any atom is 0.0907 e. The summed E-state index contributed by atoms with van der Waals surface area (Å²) in [6, 6.07) is 7.17. The second-order valence-electron chi connectivity index (χ2n) is 3.83. The van der Waals surface area contributed by atoms with Crippen molar-refractivity contribution in [2.75, 3.05) is 5.32 Å². The van der Waals surface area contributed by atoms with Crippen LogP contribution in [0.4, 0.5) is 5.69 Å². The molecule has 0 bridgehead atoms. The van der Waals surface area contributed by atoms with Crippen LogP contribution >= 0.6 is 11.3 Å². The van der Waals surface area contributed by atoms with Gasteiger partial charge in [0.2, 0.25) is 0 Å². The maximum atomic E-state index is 4.48. The number of thiazole rings is 1. The molecule has 3 rings (SSSR count). The van der Waals surface area contributed by atoms with Crippen molar-refractivity contribution in [3.8, 4) is 0 Å². The van der Waals surface area contributed by atoms with E-state index < -0.39 is 0 Å². The quantitative estimate of drug-likeness (QED) is 0.812. The van der Waals surface area contributed by atoms with E-state index >= 15 is 0 Å². The zero-order valence-electron chi connectivity index (χ0n) is 8.08. The molecule has 3 heteroatoms. The molecule has 0 aliphatic heterocycles. The van der Waals surface area contributed by atoms with Crippen LogP contribution in [-0.2, 0) is 0 Å². The molecule has 0 atom stereocenters. The number of rotatable bonds is 2. The third-order valence-electron chi connectivity index (χ3n) is 2.44. The molecule has 0 amide bonds. The van der Waals surface area contributed by atoms with Crippen LogP contribution in [0, 0.1) is 6.92 Å². The van der Waals surface area contributed by atoms with E-state index in [4.69, 9.17) is 0 Å². The van der Waals surface area contributed by atoms with Crippen molar-refractivity contribution in [3.63, 3.8) is 0 Å². The first kappa shape index (κ1) is 8.24. The van der Waals surface area contributed by atoms with Crippen molar-refractivity contribution < 1.29 is 0 Å². The van der Waals surface area contributed by atoms with Crippen molar-refractivity contribution in [3.05, 3.63) is 23.2 Å². The molecular weight excluding hydrogens is 192 g/mol. The summed E-state index contributed by atoms with van der Waals surface area (Å²) in [5.41, 5.74) is 2.34. The first-order valence-electron chi connectivity index (χ1n) is 4.95. The summed E-state index contributed by atoms with van der Waals surface area (Å²) in [7, 11) is 0. The third-order valence-corrected chi connectivity index (χ3v) is 3.39. The molecular formula is C11H12N2S. The average Bonchev–Trinajstić information content (AvgIpc) is 2.86. The number of fused-ring (bicyclic) bond motifs is 1. The molecule has 0 spiro atoms. The Morgan fingerprint density at radius 3 is 3.07 bits per heavy atom. The number of hydrogen-bond acceptors (Lipinski definition) is 3. The van der Waals surface area contributed by atoms with E-state index in [0.29, 0.717) is 6.04 Å². The van der Waals surface area contributed by atoms with Gasteiger partial charge < -0.3 is 5.32 Å². The molecule has 1 aliphatic rings. The summed E-state index contributed by atoms with van der Waals surface area (Å²) >= 11 is 1.76. The second-order valence-corrected chi connectivity index (χ2v) is 5.07. The van der Waals surface area contributed by atoms with Gasteiger partial charge in [0.15, 0.2) is 0 Å². The molecule has 1 heterocycles. The second kappa shape index (κ2) is 2.95. The number of nitrogens with one attached hydrogen (secondary N) is 1. The molecule has 1 N–H and O–H groups in total. The lowest BCUT2D eigenvalue weighted by molar-refractivity contribution is 1.16. The molecule has 2 aromatic rings. The van der Waals surface area contributed by atoms with E-state index in [1.54, 1.807) is 11.3 Å². The molecule has 1 aromatic carbocycles. The Morgan fingerprint density at radius 1 is 1.43 bits per heavy atom. The molecule has 72 valence electrons. The minimum Gasteiger partial charge on any atom is -0.382 e. The number of aromatic nitrogens is 1. The van der Waals surface area contributed by atoms with Crippen LogP contribution in [0.2, 0.25) is 0 Å². The Hall–Kier alpha value is -1.09. The zero-order chi connectivity index (χ0) is 9.54. The molecule has 0 unspecified atom stereocenters. The lowest BCUT2D eigenvalue weighted by atomic mass is 10.3. The number of anilines is 1. The maximum absolute atomic E-state index is 4.48. The fourth-order valence-corrected chi connectivity index (χ4v) is 2.40.